The van der Waals surface area contributed by atoms with Gasteiger partial charge >= 0.3 is 0 Å². The monoisotopic (exact) mass is 299 g/mol. The quantitative estimate of drug-likeness (QED) is 0.827. The van der Waals surface area contributed by atoms with Crippen molar-refractivity contribution in [2.75, 3.05) is 5.32 Å². The molecule has 0 spiro atoms. The molecule has 0 aliphatic rings. The van der Waals surface area contributed by atoms with E-state index < -0.39 is 35.1 Å². The van der Waals surface area contributed by atoms with Gasteiger partial charge in [-0.3, -0.25) is 4.79 Å². The van der Waals surface area contributed by atoms with Crippen molar-refractivity contribution >= 4 is 11.6 Å². The van der Waals surface area contributed by atoms with Crippen LogP contribution in [-0.2, 0) is 11.3 Å². The first-order chi connectivity index (χ1) is 9.99. The fourth-order valence-corrected chi connectivity index (χ4v) is 1.70. The highest BCUT2D eigenvalue weighted by molar-refractivity contribution is 5.93. The highest BCUT2D eigenvalue weighted by Crippen LogP contribution is 2.19. The third-order valence-corrected chi connectivity index (χ3v) is 2.96. The molecule has 1 aromatic carbocycles. The first-order valence-corrected chi connectivity index (χ1v) is 6.29. The number of hydrogen-bond acceptors (Lipinski definition) is 2. The van der Waals surface area contributed by atoms with Crippen LogP contribution in [0.25, 0.3) is 0 Å². The Bertz CT molecular complexity index is 629. The van der Waals surface area contributed by atoms with Gasteiger partial charge in [0.05, 0.1) is 12.0 Å². The van der Waals surface area contributed by atoms with Crippen molar-refractivity contribution in [3.8, 4) is 0 Å². The van der Waals surface area contributed by atoms with E-state index in [2.05, 4.69) is 5.32 Å². The average molecular weight is 299 g/mol. The Morgan fingerprint density at radius 1 is 1.29 bits per heavy atom. The third kappa shape index (κ3) is 3.63. The molecule has 0 bridgehead atoms. The van der Waals surface area contributed by atoms with Crippen molar-refractivity contribution in [2.24, 2.45) is 0 Å². The zero-order valence-electron chi connectivity index (χ0n) is 11.2. The van der Waals surface area contributed by atoms with Crippen molar-refractivity contribution in [2.45, 2.75) is 19.5 Å². The molecule has 3 N–H and O–H groups in total. The number of anilines is 1. The van der Waals surface area contributed by atoms with E-state index in [0.29, 0.717) is 12.3 Å². The molecule has 0 saturated carbocycles. The molecule has 7 heteroatoms. The van der Waals surface area contributed by atoms with Gasteiger partial charge in [-0.1, -0.05) is 0 Å². The van der Waals surface area contributed by atoms with E-state index in [9.17, 15) is 18.0 Å². The number of furan rings is 1. The van der Waals surface area contributed by atoms with Gasteiger partial charge < -0.3 is 15.1 Å². The molecular formula is C14H14F3N2O2+. The van der Waals surface area contributed by atoms with Gasteiger partial charge in [-0.15, -0.1) is 0 Å². The largest absolute Gasteiger partial charge is 0.463 e. The zero-order chi connectivity index (χ0) is 15.4. The molecule has 1 amide bonds. The maximum absolute atomic E-state index is 13.4. The summed E-state index contributed by atoms with van der Waals surface area (Å²) in [6, 6.07) is 4.67. The van der Waals surface area contributed by atoms with Gasteiger partial charge in [0.2, 0.25) is 0 Å². The van der Waals surface area contributed by atoms with Gasteiger partial charge in [0, 0.05) is 0 Å². The Hall–Kier alpha value is -2.28. The van der Waals surface area contributed by atoms with Crippen LogP contribution < -0.4 is 10.6 Å². The Morgan fingerprint density at radius 2 is 2.05 bits per heavy atom. The van der Waals surface area contributed by atoms with Crippen LogP contribution in [0.5, 0.6) is 0 Å². The summed E-state index contributed by atoms with van der Waals surface area (Å²) in [5.74, 6) is -4.16. The minimum Gasteiger partial charge on any atom is -0.463 e. The Kier molecular flexibility index (Phi) is 4.64. The number of hydrogen-bond donors (Lipinski definition) is 2. The van der Waals surface area contributed by atoms with Gasteiger partial charge in [-0.05, 0) is 31.2 Å². The summed E-state index contributed by atoms with van der Waals surface area (Å²) in [7, 11) is 0. The number of carbonyl (C=O) groups is 1. The number of nitrogens with two attached hydrogens (primary N) is 1. The van der Waals surface area contributed by atoms with Crippen molar-refractivity contribution in [3.05, 3.63) is 53.7 Å². The second-order valence-corrected chi connectivity index (χ2v) is 4.52. The first-order valence-electron chi connectivity index (χ1n) is 6.29. The SMILES string of the molecule is C[C@H]([NH2+]Cc1ccco1)C(=O)Nc1ccc(F)c(F)c1F. The van der Waals surface area contributed by atoms with Crippen LogP contribution in [-0.4, -0.2) is 11.9 Å². The Labute approximate surface area is 119 Å². The zero-order valence-corrected chi connectivity index (χ0v) is 11.2. The number of amides is 1. The first kappa shape index (κ1) is 15.1. The number of quaternary nitrogens is 1. The minimum absolute atomic E-state index is 0.392. The molecule has 0 aliphatic heterocycles. The van der Waals surface area contributed by atoms with Gasteiger partial charge in [-0.2, -0.15) is 0 Å². The Morgan fingerprint density at radius 3 is 2.71 bits per heavy atom. The molecule has 0 unspecified atom stereocenters. The van der Waals surface area contributed by atoms with E-state index in [1.807, 2.05) is 0 Å². The molecule has 0 radical (unpaired) electrons. The summed E-state index contributed by atoms with van der Waals surface area (Å²) in [4.78, 5) is 11.9. The molecule has 21 heavy (non-hydrogen) atoms. The summed E-state index contributed by atoms with van der Waals surface area (Å²) in [6.45, 7) is 2.04. The predicted octanol–water partition coefficient (Wildman–Crippen LogP) is 1.79. The number of benzene rings is 1. The molecule has 2 rings (SSSR count). The molecule has 0 fully saturated rings. The van der Waals surface area contributed by atoms with Gasteiger partial charge in [0.25, 0.3) is 5.91 Å². The van der Waals surface area contributed by atoms with E-state index in [-0.39, 0.29) is 0 Å². The van der Waals surface area contributed by atoms with E-state index in [1.54, 1.807) is 24.4 Å². The van der Waals surface area contributed by atoms with Gasteiger partial charge in [-0.25, -0.2) is 13.2 Å². The molecule has 4 nitrogen and oxygen atoms in total. The number of rotatable bonds is 5. The van der Waals surface area contributed by atoms with E-state index in [0.717, 1.165) is 12.1 Å². The number of carbonyl (C=O) groups excluding carboxylic acids is 1. The number of halogens is 3. The molecule has 1 heterocycles. The summed E-state index contributed by atoms with van der Waals surface area (Å²) in [5.41, 5.74) is -0.392. The second kappa shape index (κ2) is 6.45. The lowest BCUT2D eigenvalue weighted by atomic mass is 10.2. The van der Waals surface area contributed by atoms with Crippen molar-refractivity contribution in [1.29, 1.82) is 0 Å². The van der Waals surface area contributed by atoms with Crippen molar-refractivity contribution in [3.63, 3.8) is 0 Å². The lowest BCUT2D eigenvalue weighted by Gasteiger charge is -2.11. The Balaban J connectivity index is 1.96. The van der Waals surface area contributed by atoms with Gasteiger partial charge in [0.15, 0.2) is 29.3 Å². The van der Waals surface area contributed by atoms with Crippen LogP contribution >= 0.6 is 0 Å². The van der Waals surface area contributed by atoms with E-state index in [1.165, 1.54) is 6.26 Å². The van der Waals surface area contributed by atoms with E-state index in [4.69, 9.17) is 4.42 Å². The maximum atomic E-state index is 13.4. The van der Waals surface area contributed by atoms with Crippen LogP contribution in [0.1, 0.15) is 12.7 Å². The lowest BCUT2D eigenvalue weighted by Crippen LogP contribution is -2.90. The van der Waals surface area contributed by atoms with Crippen LogP contribution in [0.2, 0.25) is 0 Å². The standard InChI is InChI=1S/C14H13F3N2O2/c1-8(18-7-9-3-2-6-21-9)14(20)19-11-5-4-10(15)12(16)13(11)17/h2-6,8,18H,7H2,1H3,(H,19,20)/p+1/t8-/m0/s1. The van der Waals surface area contributed by atoms with Gasteiger partial charge in [0.1, 0.15) is 6.54 Å². The lowest BCUT2D eigenvalue weighted by molar-refractivity contribution is -0.690. The summed E-state index contributed by atoms with van der Waals surface area (Å²) in [6.07, 6.45) is 1.52. The minimum atomic E-state index is -1.61. The maximum Gasteiger partial charge on any atom is 0.282 e. The molecule has 2 aromatic rings. The van der Waals surface area contributed by atoms with Crippen LogP contribution in [0.3, 0.4) is 0 Å². The molecule has 1 aromatic heterocycles. The summed E-state index contributed by atoms with van der Waals surface area (Å²) in [5, 5.41) is 3.90. The highest BCUT2D eigenvalue weighted by Gasteiger charge is 2.20. The fraction of sp³-hybridized carbons (Fsp3) is 0.214. The molecular weight excluding hydrogens is 285 g/mol. The molecule has 0 saturated heterocycles. The molecule has 0 aliphatic carbocycles. The third-order valence-electron chi connectivity index (χ3n) is 2.96. The van der Waals surface area contributed by atoms with Crippen LogP contribution in [0.4, 0.5) is 18.9 Å². The fourth-order valence-electron chi connectivity index (χ4n) is 1.70. The van der Waals surface area contributed by atoms with Crippen LogP contribution in [0, 0.1) is 17.5 Å². The summed E-state index contributed by atoms with van der Waals surface area (Å²) >= 11 is 0. The van der Waals surface area contributed by atoms with Crippen LogP contribution in [0.15, 0.2) is 34.9 Å². The highest BCUT2D eigenvalue weighted by atomic mass is 19.2. The van der Waals surface area contributed by atoms with Crippen molar-refractivity contribution in [1.82, 2.24) is 0 Å². The topological polar surface area (TPSA) is 58.9 Å². The van der Waals surface area contributed by atoms with E-state index >= 15 is 0 Å². The van der Waals surface area contributed by atoms with Crippen molar-refractivity contribution < 1.29 is 27.7 Å². The smallest absolute Gasteiger partial charge is 0.282 e. The summed E-state index contributed by atoms with van der Waals surface area (Å²) < 4.78 is 44.4. The average Bonchev–Trinajstić information content (AvgIpc) is 2.98. The molecule has 1 atom stereocenters. The number of nitrogens with one attached hydrogen (secondary N) is 1. The second-order valence-electron chi connectivity index (χ2n) is 4.52. The molecule has 112 valence electrons. The predicted molar refractivity (Wildman–Crippen MR) is 68.7 cm³/mol. The normalized spacial score (nSPS) is 12.2.